The van der Waals surface area contributed by atoms with E-state index >= 15 is 0 Å². The zero-order valence-corrected chi connectivity index (χ0v) is 11.5. The first-order chi connectivity index (χ1) is 7.61. The summed E-state index contributed by atoms with van der Waals surface area (Å²) >= 11 is 11.1. The maximum atomic E-state index is 10.9. The second-order valence-electron chi connectivity index (χ2n) is 3.53. The lowest BCUT2D eigenvalue weighted by molar-refractivity contribution is -0.118. The molecule has 0 spiro atoms. The SMILES string of the molecule is Cl.N[C@H](CNC(=O)CCl)Cc1ccc(Cl)cc1. The second kappa shape index (κ2) is 8.59. The molecular weight excluding hydrogens is 282 g/mol. The van der Waals surface area contributed by atoms with Crippen molar-refractivity contribution in [2.45, 2.75) is 12.5 Å². The Kier molecular flexibility index (Phi) is 8.35. The molecule has 0 bridgehead atoms. The molecule has 1 aromatic carbocycles. The van der Waals surface area contributed by atoms with Crippen LogP contribution in [-0.2, 0) is 11.2 Å². The van der Waals surface area contributed by atoms with E-state index in [0.29, 0.717) is 18.0 Å². The molecule has 17 heavy (non-hydrogen) atoms. The van der Waals surface area contributed by atoms with Gasteiger partial charge in [-0.25, -0.2) is 0 Å². The molecule has 0 aromatic heterocycles. The van der Waals surface area contributed by atoms with Gasteiger partial charge in [0, 0.05) is 17.6 Å². The summed E-state index contributed by atoms with van der Waals surface area (Å²) in [7, 11) is 0. The molecule has 0 saturated carbocycles. The lowest BCUT2D eigenvalue weighted by Gasteiger charge is -2.12. The number of carbonyl (C=O) groups is 1. The first-order valence-corrected chi connectivity index (χ1v) is 5.85. The predicted molar refractivity (Wildman–Crippen MR) is 74.1 cm³/mol. The van der Waals surface area contributed by atoms with Crippen molar-refractivity contribution in [3.63, 3.8) is 0 Å². The molecule has 96 valence electrons. The van der Waals surface area contributed by atoms with Gasteiger partial charge in [-0.15, -0.1) is 24.0 Å². The zero-order chi connectivity index (χ0) is 12.0. The van der Waals surface area contributed by atoms with Crippen LogP contribution in [0.2, 0.25) is 5.02 Å². The van der Waals surface area contributed by atoms with Gasteiger partial charge in [0.15, 0.2) is 0 Å². The first-order valence-electron chi connectivity index (χ1n) is 4.94. The highest BCUT2D eigenvalue weighted by atomic mass is 35.5. The summed E-state index contributed by atoms with van der Waals surface area (Å²) in [6.45, 7) is 0.425. The topological polar surface area (TPSA) is 55.1 Å². The molecule has 6 heteroatoms. The third kappa shape index (κ3) is 6.74. The summed E-state index contributed by atoms with van der Waals surface area (Å²) in [5, 5.41) is 3.34. The van der Waals surface area contributed by atoms with Crippen LogP contribution < -0.4 is 11.1 Å². The predicted octanol–water partition coefficient (Wildman–Crippen LogP) is 1.99. The van der Waals surface area contributed by atoms with Gasteiger partial charge in [0.05, 0.1) is 0 Å². The van der Waals surface area contributed by atoms with Crippen molar-refractivity contribution in [3.8, 4) is 0 Å². The number of halogens is 3. The maximum Gasteiger partial charge on any atom is 0.234 e. The molecule has 0 aliphatic rings. The van der Waals surface area contributed by atoms with E-state index in [4.69, 9.17) is 28.9 Å². The van der Waals surface area contributed by atoms with E-state index in [0.717, 1.165) is 5.56 Å². The number of alkyl halides is 1. The second-order valence-corrected chi connectivity index (χ2v) is 4.23. The van der Waals surface area contributed by atoms with Crippen LogP contribution in [0.1, 0.15) is 5.56 Å². The monoisotopic (exact) mass is 296 g/mol. The fourth-order valence-corrected chi connectivity index (χ4v) is 1.51. The van der Waals surface area contributed by atoms with E-state index < -0.39 is 0 Å². The summed E-state index contributed by atoms with van der Waals surface area (Å²) in [5.74, 6) is -0.235. The summed E-state index contributed by atoms with van der Waals surface area (Å²) in [6.07, 6.45) is 0.694. The van der Waals surface area contributed by atoms with Crippen LogP contribution in [0, 0.1) is 0 Å². The van der Waals surface area contributed by atoms with E-state index in [1.165, 1.54) is 0 Å². The summed E-state index contributed by atoms with van der Waals surface area (Å²) in [6, 6.07) is 7.37. The largest absolute Gasteiger partial charge is 0.353 e. The number of carbonyl (C=O) groups excluding carboxylic acids is 1. The van der Waals surface area contributed by atoms with E-state index in [9.17, 15) is 4.79 Å². The van der Waals surface area contributed by atoms with Crippen molar-refractivity contribution in [1.29, 1.82) is 0 Å². The van der Waals surface area contributed by atoms with Crippen LogP contribution in [0.25, 0.3) is 0 Å². The molecule has 3 nitrogen and oxygen atoms in total. The minimum Gasteiger partial charge on any atom is -0.353 e. The molecule has 1 amide bonds. The lowest BCUT2D eigenvalue weighted by atomic mass is 10.1. The Bertz CT molecular complexity index is 343. The average molecular weight is 298 g/mol. The number of nitrogens with one attached hydrogen (secondary N) is 1. The zero-order valence-electron chi connectivity index (χ0n) is 9.16. The van der Waals surface area contributed by atoms with Crippen LogP contribution in [0.3, 0.4) is 0 Å². The van der Waals surface area contributed by atoms with Crippen molar-refractivity contribution in [3.05, 3.63) is 34.9 Å². The third-order valence-electron chi connectivity index (χ3n) is 2.09. The van der Waals surface area contributed by atoms with Crippen molar-refractivity contribution in [2.24, 2.45) is 5.73 Å². The van der Waals surface area contributed by atoms with Crippen LogP contribution in [0.5, 0.6) is 0 Å². The minimum absolute atomic E-state index is 0. The summed E-state index contributed by atoms with van der Waals surface area (Å²) < 4.78 is 0. The fourth-order valence-electron chi connectivity index (χ4n) is 1.29. The Balaban J connectivity index is 0.00000256. The van der Waals surface area contributed by atoms with Gasteiger partial charge in [-0.1, -0.05) is 23.7 Å². The highest BCUT2D eigenvalue weighted by Crippen LogP contribution is 2.10. The van der Waals surface area contributed by atoms with Crippen LogP contribution in [0.15, 0.2) is 24.3 Å². The normalized spacial score (nSPS) is 11.5. The van der Waals surface area contributed by atoms with Gasteiger partial charge in [-0.3, -0.25) is 4.79 Å². The lowest BCUT2D eigenvalue weighted by Crippen LogP contribution is -2.39. The molecule has 0 radical (unpaired) electrons. The van der Waals surface area contributed by atoms with Gasteiger partial charge in [0.1, 0.15) is 5.88 Å². The van der Waals surface area contributed by atoms with E-state index in [2.05, 4.69) is 5.32 Å². The first kappa shape index (κ1) is 16.5. The number of amides is 1. The molecule has 1 aromatic rings. The molecule has 0 aliphatic heterocycles. The molecule has 0 fully saturated rings. The van der Waals surface area contributed by atoms with Crippen molar-refractivity contribution in [2.75, 3.05) is 12.4 Å². The quantitative estimate of drug-likeness (QED) is 0.817. The average Bonchev–Trinajstić information content (AvgIpc) is 2.29. The Morgan fingerprint density at radius 3 is 2.47 bits per heavy atom. The summed E-state index contributed by atoms with van der Waals surface area (Å²) in [5.41, 5.74) is 6.95. The molecule has 0 unspecified atom stereocenters. The van der Waals surface area contributed by atoms with Crippen LogP contribution >= 0.6 is 35.6 Å². The van der Waals surface area contributed by atoms with Crippen LogP contribution in [0.4, 0.5) is 0 Å². The Hall–Kier alpha value is -0.480. The number of nitrogens with two attached hydrogens (primary N) is 1. The van der Waals surface area contributed by atoms with Crippen molar-refractivity contribution >= 4 is 41.5 Å². The van der Waals surface area contributed by atoms with E-state index in [1.54, 1.807) is 0 Å². The number of hydrogen-bond acceptors (Lipinski definition) is 2. The van der Waals surface area contributed by atoms with Gasteiger partial charge >= 0.3 is 0 Å². The van der Waals surface area contributed by atoms with E-state index in [-0.39, 0.29) is 30.2 Å². The van der Waals surface area contributed by atoms with Gasteiger partial charge in [0.2, 0.25) is 5.91 Å². The van der Waals surface area contributed by atoms with Crippen LogP contribution in [-0.4, -0.2) is 24.4 Å². The molecular formula is C11H15Cl3N2O. The van der Waals surface area contributed by atoms with Crippen molar-refractivity contribution < 1.29 is 4.79 Å². The fraction of sp³-hybridized carbons (Fsp3) is 0.364. The maximum absolute atomic E-state index is 10.9. The molecule has 1 rings (SSSR count). The van der Waals surface area contributed by atoms with Gasteiger partial charge in [-0.05, 0) is 24.1 Å². The smallest absolute Gasteiger partial charge is 0.234 e. The summed E-state index contributed by atoms with van der Waals surface area (Å²) in [4.78, 5) is 10.9. The highest BCUT2D eigenvalue weighted by Gasteiger charge is 2.06. The third-order valence-corrected chi connectivity index (χ3v) is 2.59. The molecule has 3 N–H and O–H groups in total. The molecule has 0 heterocycles. The highest BCUT2D eigenvalue weighted by molar-refractivity contribution is 6.30. The minimum atomic E-state index is -0.201. The molecule has 1 atom stereocenters. The standard InChI is InChI=1S/C11H14Cl2N2O.ClH/c12-6-11(16)15-7-10(14)5-8-1-3-9(13)4-2-8;/h1-4,10H,5-7,14H2,(H,15,16);1H/t10-;/m0./s1. The van der Waals surface area contributed by atoms with Gasteiger partial charge < -0.3 is 11.1 Å². The van der Waals surface area contributed by atoms with Gasteiger partial charge in [0.25, 0.3) is 0 Å². The number of benzene rings is 1. The van der Waals surface area contributed by atoms with Crippen molar-refractivity contribution in [1.82, 2.24) is 5.32 Å². The molecule has 0 saturated heterocycles. The number of hydrogen-bond donors (Lipinski definition) is 2. The Morgan fingerprint density at radius 1 is 1.35 bits per heavy atom. The molecule has 0 aliphatic carbocycles. The Labute approximate surface area is 117 Å². The van der Waals surface area contributed by atoms with Gasteiger partial charge in [-0.2, -0.15) is 0 Å². The number of rotatable bonds is 5. The van der Waals surface area contributed by atoms with E-state index in [1.807, 2.05) is 24.3 Å². The Morgan fingerprint density at radius 2 is 1.94 bits per heavy atom.